The second kappa shape index (κ2) is 8.75. The van der Waals surface area contributed by atoms with E-state index in [1.165, 1.54) is 6.20 Å². The normalized spacial score (nSPS) is 30.6. The Kier molecular flexibility index (Phi) is 7.26. The van der Waals surface area contributed by atoms with Crippen LogP contribution in [0, 0.1) is 6.92 Å². The molecule has 2 rings (SSSR count). The van der Waals surface area contributed by atoms with E-state index in [0.717, 1.165) is 0 Å². The maximum Gasteiger partial charge on any atom is 0.356 e. The predicted octanol–water partition coefficient (Wildman–Crippen LogP) is 1.33. The van der Waals surface area contributed by atoms with Gasteiger partial charge in [-0.15, -0.1) is 0 Å². The number of aliphatic hydroxyl groups is 3. The van der Waals surface area contributed by atoms with E-state index in [9.17, 15) is 29.6 Å². The van der Waals surface area contributed by atoms with Crippen LogP contribution in [0.1, 0.15) is 57.3 Å². The van der Waals surface area contributed by atoms with Gasteiger partial charge in [-0.3, -0.25) is 9.36 Å². The van der Waals surface area contributed by atoms with E-state index in [-0.39, 0.29) is 18.4 Å². The van der Waals surface area contributed by atoms with Crippen LogP contribution in [-0.4, -0.2) is 55.0 Å². The van der Waals surface area contributed by atoms with Gasteiger partial charge in [0.25, 0.3) is 5.56 Å². The number of pyridine rings is 1. The quantitative estimate of drug-likeness (QED) is 0.396. The van der Waals surface area contributed by atoms with E-state index < -0.39 is 43.5 Å². The van der Waals surface area contributed by atoms with Crippen molar-refractivity contribution in [2.24, 2.45) is 0 Å². The van der Waals surface area contributed by atoms with E-state index in [1.807, 2.05) is 0 Å². The van der Waals surface area contributed by atoms with Crippen molar-refractivity contribution in [2.45, 2.75) is 82.8 Å². The van der Waals surface area contributed by atoms with E-state index in [4.69, 9.17) is 9.26 Å². The molecule has 0 aliphatic carbocycles. The smallest absolute Gasteiger partial charge is 0.356 e. The topological polar surface area (TPSA) is 149 Å². The van der Waals surface area contributed by atoms with Crippen molar-refractivity contribution in [3.8, 4) is 0 Å². The summed E-state index contributed by atoms with van der Waals surface area (Å²) in [6.07, 6.45) is -2.38. The molecule has 1 saturated heterocycles. The first kappa shape index (κ1) is 23.2. The van der Waals surface area contributed by atoms with E-state index in [1.54, 1.807) is 33.8 Å². The Bertz CT molecular complexity index is 783. The highest BCUT2D eigenvalue weighted by Crippen LogP contribution is 2.53. The molecule has 1 aliphatic heterocycles. The highest BCUT2D eigenvalue weighted by atomic mass is 31.2. The number of rotatable bonds is 8. The molecule has 0 bridgehead atoms. The summed E-state index contributed by atoms with van der Waals surface area (Å²) in [6.45, 7) is 6.53. The molecule has 0 aromatic carbocycles. The third kappa shape index (κ3) is 4.91. The van der Waals surface area contributed by atoms with Crippen LogP contribution >= 0.6 is 7.60 Å². The summed E-state index contributed by atoms with van der Waals surface area (Å²) in [5.74, 6) is -1.50. The summed E-state index contributed by atoms with van der Waals surface area (Å²) in [5, 5.41) is 30.6. The van der Waals surface area contributed by atoms with Crippen LogP contribution in [-0.2, 0) is 13.8 Å². The Labute approximate surface area is 163 Å². The summed E-state index contributed by atoms with van der Waals surface area (Å²) in [6, 6.07) is 1.58. The molecule has 0 saturated carbocycles. The average Bonchev–Trinajstić information content (AvgIpc) is 2.91. The van der Waals surface area contributed by atoms with Crippen molar-refractivity contribution in [2.75, 3.05) is 0 Å². The standard InChI is InChI=1S/C18H30NO8P/c1-5-13(20)28(24,25)27-18(4,6-2)8-12-14(21)15(22)16(26-12)11-7-10(3)17(23)19-9-11/h7,9,12-16,20-22H,5-6,8H2,1-4H3,(H,19,23)(H,24,25)/t12-,13?,14?,15+,16+,18?/m1/s1. The molecule has 10 heteroatoms. The Hall–Kier alpha value is -1.06. The molecule has 0 amide bonds. The van der Waals surface area contributed by atoms with Crippen LogP contribution < -0.4 is 5.56 Å². The fraction of sp³-hybridized carbons (Fsp3) is 0.722. The van der Waals surface area contributed by atoms with Gasteiger partial charge >= 0.3 is 7.60 Å². The molecular weight excluding hydrogens is 389 g/mol. The van der Waals surface area contributed by atoms with Crippen LogP contribution in [0.3, 0.4) is 0 Å². The molecule has 1 aromatic rings. The minimum absolute atomic E-state index is 0.0293. The fourth-order valence-electron chi connectivity index (χ4n) is 3.26. The van der Waals surface area contributed by atoms with Crippen molar-refractivity contribution in [3.05, 3.63) is 33.7 Å². The van der Waals surface area contributed by atoms with Crippen LogP contribution in [0.5, 0.6) is 0 Å². The highest BCUT2D eigenvalue weighted by Gasteiger charge is 2.48. The van der Waals surface area contributed by atoms with Gasteiger partial charge < -0.3 is 34.5 Å². The largest absolute Gasteiger partial charge is 0.388 e. The molecule has 9 nitrogen and oxygen atoms in total. The van der Waals surface area contributed by atoms with Gasteiger partial charge in [0.2, 0.25) is 0 Å². The molecule has 28 heavy (non-hydrogen) atoms. The first-order valence-corrected chi connectivity index (χ1v) is 11.0. The van der Waals surface area contributed by atoms with Crippen LogP contribution in [0.25, 0.3) is 0 Å². The summed E-state index contributed by atoms with van der Waals surface area (Å²) < 4.78 is 23.5. The molecule has 2 heterocycles. The molecule has 0 spiro atoms. The van der Waals surface area contributed by atoms with Crippen molar-refractivity contribution in [1.29, 1.82) is 0 Å². The fourth-order valence-corrected chi connectivity index (χ4v) is 4.67. The van der Waals surface area contributed by atoms with Gasteiger partial charge in [0.15, 0.2) is 5.85 Å². The molecule has 4 unspecified atom stereocenters. The third-order valence-corrected chi connectivity index (χ3v) is 7.10. The zero-order valence-corrected chi connectivity index (χ0v) is 17.4. The molecule has 7 atom stereocenters. The highest BCUT2D eigenvalue weighted by molar-refractivity contribution is 7.53. The number of aliphatic hydroxyl groups excluding tert-OH is 3. The number of aromatic amines is 1. The van der Waals surface area contributed by atoms with Crippen molar-refractivity contribution in [3.63, 3.8) is 0 Å². The van der Waals surface area contributed by atoms with Crippen LogP contribution in [0.15, 0.2) is 17.1 Å². The molecule has 0 radical (unpaired) electrons. The number of aryl methyl sites for hydroxylation is 1. The van der Waals surface area contributed by atoms with Gasteiger partial charge in [0, 0.05) is 23.7 Å². The minimum atomic E-state index is -4.28. The van der Waals surface area contributed by atoms with E-state index in [0.29, 0.717) is 17.5 Å². The SMILES string of the molecule is CCC(O)P(=O)(O)OC(C)(CC)C[C@H]1O[C@@H](c2c[nH]c(=O)c(C)c2)[C@@H](O)C1O. The van der Waals surface area contributed by atoms with Gasteiger partial charge in [-0.1, -0.05) is 13.8 Å². The Morgan fingerprint density at radius 1 is 1.36 bits per heavy atom. The molecule has 1 fully saturated rings. The van der Waals surface area contributed by atoms with Gasteiger partial charge in [0.05, 0.1) is 11.7 Å². The number of nitrogens with one attached hydrogen (secondary N) is 1. The summed E-state index contributed by atoms with van der Waals surface area (Å²) in [7, 11) is -4.28. The Morgan fingerprint density at radius 2 is 2.00 bits per heavy atom. The van der Waals surface area contributed by atoms with E-state index >= 15 is 0 Å². The van der Waals surface area contributed by atoms with Gasteiger partial charge in [-0.25, -0.2) is 0 Å². The first-order valence-electron chi connectivity index (χ1n) is 9.36. The third-order valence-electron chi connectivity index (χ3n) is 5.28. The first-order chi connectivity index (χ1) is 12.9. The lowest BCUT2D eigenvalue weighted by Gasteiger charge is -2.34. The monoisotopic (exact) mass is 419 g/mol. The lowest BCUT2D eigenvalue weighted by molar-refractivity contribution is -0.0495. The number of H-pyrrole nitrogens is 1. The molecular formula is C18H30NO8P. The number of hydrogen-bond acceptors (Lipinski definition) is 7. The van der Waals surface area contributed by atoms with Gasteiger partial charge in [-0.2, -0.15) is 0 Å². The predicted molar refractivity (Wildman–Crippen MR) is 102 cm³/mol. The Morgan fingerprint density at radius 3 is 2.54 bits per heavy atom. The second-order valence-electron chi connectivity index (χ2n) is 7.57. The van der Waals surface area contributed by atoms with E-state index in [2.05, 4.69) is 4.98 Å². The van der Waals surface area contributed by atoms with Crippen molar-refractivity contribution in [1.82, 2.24) is 4.98 Å². The van der Waals surface area contributed by atoms with Crippen LogP contribution in [0.4, 0.5) is 0 Å². The molecule has 5 N–H and O–H groups in total. The summed E-state index contributed by atoms with van der Waals surface area (Å²) in [4.78, 5) is 24.1. The maximum atomic E-state index is 12.3. The lowest BCUT2D eigenvalue weighted by Crippen LogP contribution is -2.39. The zero-order valence-electron chi connectivity index (χ0n) is 16.5. The zero-order chi connectivity index (χ0) is 21.3. The molecule has 1 aliphatic rings. The number of aromatic nitrogens is 1. The van der Waals surface area contributed by atoms with Crippen molar-refractivity contribution >= 4 is 7.60 Å². The number of ether oxygens (including phenoxy) is 1. The van der Waals surface area contributed by atoms with Crippen molar-refractivity contribution < 1.29 is 34.0 Å². The maximum absolute atomic E-state index is 12.3. The van der Waals surface area contributed by atoms with Crippen LogP contribution in [0.2, 0.25) is 0 Å². The van der Waals surface area contributed by atoms with Gasteiger partial charge in [-0.05, 0) is 32.8 Å². The minimum Gasteiger partial charge on any atom is -0.388 e. The van der Waals surface area contributed by atoms with Gasteiger partial charge in [0.1, 0.15) is 18.3 Å². The summed E-state index contributed by atoms with van der Waals surface area (Å²) >= 11 is 0. The molecule has 160 valence electrons. The Balaban J connectivity index is 2.19. The summed E-state index contributed by atoms with van der Waals surface area (Å²) in [5.41, 5.74) is -0.461. The second-order valence-corrected chi connectivity index (χ2v) is 9.48. The average molecular weight is 419 g/mol. The lowest BCUT2D eigenvalue weighted by atomic mass is 9.92. The number of hydrogen-bond donors (Lipinski definition) is 5. The molecule has 1 aromatic heterocycles.